The summed E-state index contributed by atoms with van der Waals surface area (Å²) in [5.74, 6) is -1.85. The zero-order valence-corrected chi connectivity index (χ0v) is 14.8. The predicted octanol–water partition coefficient (Wildman–Crippen LogP) is 2.48. The van der Waals surface area contributed by atoms with Gasteiger partial charge in [0, 0.05) is 12.2 Å². The van der Waals surface area contributed by atoms with E-state index in [4.69, 9.17) is 0 Å². The van der Waals surface area contributed by atoms with Crippen molar-refractivity contribution in [3.05, 3.63) is 46.0 Å². The number of rotatable bonds is 5. The maximum atomic E-state index is 13.8. The summed E-state index contributed by atoms with van der Waals surface area (Å²) in [6.07, 6.45) is 0.686. The molecule has 0 fully saturated rings. The van der Waals surface area contributed by atoms with Gasteiger partial charge < -0.3 is 15.6 Å². The number of thioether (sulfide) groups is 1. The lowest BCUT2D eigenvalue weighted by Crippen LogP contribution is -2.36. The molecule has 1 aliphatic heterocycles. The first kappa shape index (κ1) is 18.1. The molecule has 136 valence electrons. The van der Waals surface area contributed by atoms with E-state index in [-0.39, 0.29) is 23.5 Å². The van der Waals surface area contributed by atoms with Crippen LogP contribution in [-0.2, 0) is 9.59 Å². The quantitative estimate of drug-likeness (QED) is 0.549. The zero-order chi connectivity index (χ0) is 18.7. The number of hydrogen-bond acceptors (Lipinski definition) is 5. The molecule has 26 heavy (non-hydrogen) atoms. The van der Waals surface area contributed by atoms with Gasteiger partial charge in [-0.15, -0.1) is 0 Å². The van der Waals surface area contributed by atoms with Gasteiger partial charge in [0.05, 0.1) is 17.2 Å². The van der Waals surface area contributed by atoms with Gasteiger partial charge >= 0.3 is 0 Å². The van der Waals surface area contributed by atoms with Crippen LogP contribution in [0, 0.1) is 5.82 Å². The van der Waals surface area contributed by atoms with Crippen molar-refractivity contribution in [1.82, 2.24) is 9.97 Å². The number of fused-ring (bicyclic) bond motifs is 1. The highest BCUT2D eigenvalue weighted by Gasteiger charge is 2.35. The lowest BCUT2D eigenvalue weighted by molar-refractivity contribution is -0.123. The molecular formula is C17H17FN4O3S. The van der Waals surface area contributed by atoms with Crippen LogP contribution >= 0.6 is 11.8 Å². The summed E-state index contributed by atoms with van der Waals surface area (Å²) >= 11 is 1.35. The summed E-state index contributed by atoms with van der Waals surface area (Å²) in [5.41, 5.74) is -0.411. The third kappa shape index (κ3) is 3.77. The minimum absolute atomic E-state index is 0.00968. The van der Waals surface area contributed by atoms with Crippen LogP contribution in [0.25, 0.3) is 0 Å². The smallest absolute Gasteiger partial charge is 0.257 e. The second-order valence-electron chi connectivity index (χ2n) is 5.76. The highest BCUT2D eigenvalue weighted by Crippen LogP contribution is 2.30. The van der Waals surface area contributed by atoms with E-state index < -0.39 is 29.1 Å². The van der Waals surface area contributed by atoms with Crippen molar-refractivity contribution in [2.75, 3.05) is 16.4 Å². The molecule has 0 saturated heterocycles. The number of amides is 2. The molecule has 0 aliphatic carbocycles. The lowest BCUT2D eigenvalue weighted by Gasteiger charge is -2.23. The van der Waals surface area contributed by atoms with Crippen LogP contribution in [0.2, 0.25) is 0 Å². The van der Waals surface area contributed by atoms with E-state index >= 15 is 0 Å². The van der Waals surface area contributed by atoms with Crippen LogP contribution in [0.1, 0.15) is 31.2 Å². The minimum atomic E-state index is -1.04. The molecule has 0 spiro atoms. The first-order valence-corrected chi connectivity index (χ1v) is 9.10. The van der Waals surface area contributed by atoms with Crippen LogP contribution in [0.5, 0.6) is 0 Å². The molecular weight excluding hydrogens is 359 g/mol. The van der Waals surface area contributed by atoms with Crippen LogP contribution in [0.4, 0.5) is 15.9 Å². The van der Waals surface area contributed by atoms with Gasteiger partial charge in [-0.25, -0.2) is 9.37 Å². The fourth-order valence-corrected chi connectivity index (χ4v) is 3.34. The molecule has 9 heteroatoms. The van der Waals surface area contributed by atoms with Gasteiger partial charge in [-0.2, -0.15) is 0 Å². The van der Waals surface area contributed by atoms with Crippen molar-refractivity contribution < 1.29 is 14.0 Å². The largest absolute Gasteiger partial charge is 0.323 e. The number of halogens is 1. The monoisotopic (exact) mass is 376 g/mol. The second-order valence-corrected chi connectivity index (χ2v) is 6.84. The van der Waals surface area contributed by atoms with Crippen molar-refractivity contribution in [1.29, 1.82) is 0 Å². The Hall–Kier alpha value is -2.68. The summed E-state index contributed by atoms with van der Waals surface area (Å²) < 4.78 is 13.8. The third-order valence-electron chi connectivity index (χ3n) is 3.82. The number of H-pyrrole nitrogens is 1. The standard InChI is InChI=1S/C17H17FN4O3S/c1-2-7-26-17-21-14-13(16(25)22-17)9(8-12(23)20-14)15(24)19-11-6-4-3-5-10(11)18/h3-6,9H,2,7-8H2,1H3,(H,19,24)(H2,20,21,22,23,25). The molecule has 2 amide bonds. The van der Waals surface area contributed by atoms with E-state index in [1.54, 1.807) is 6.07 Å². The van der Waals surface area contributed by atoms with Crippen molar-refractivity contribution in [3.63, 3.8) is 0 Å². The summed E-state index contributed by atoms with van der Waals surface area (Å²) in [5, 5.41) is 5.36. The van der Waals surface area contributed by atoms with Crippen molar-refractivity contribution in [2.45, 2.75) is 30.8 Å². The summed E-state index contributed by atoms with van der Waals surface area (Å²) in [6.45, 7) is 1.99. The Morgan fingerprint density at radius 3 is 2.88 bits per heavy atom. The molecule has 1 unspecified atom stereocenters. The number of aromatic amines is 1. The van der Waals surface area contributed by atoms with Gasteiger partial charge in [0.2, 0.25) is 11.8 Å². The Kier molecular flexibility index (Phi) is 5.36. The van der Waals surface area contributed by atoms with Crippen LogP contribution in [-0.4, -0.2) is 27.5 Å². The Morgan fingerprint density at radius 2 is 2.15 bits per heavy atom. The molecule has 2 aromatic rings. The normalized spacial score (nSPS) is 15.9. The van der Waals surface area contributed by atoms with E-state index in [9.17, 15) is 18.8 Å². The van der Waals surface area contributed by atoms with Crippen LogP contribution < -0.4 is 16.2 Å². The SMILES string of the molecule is CCCSc1nc2c(c(=O)[nH]1)C(C(=O)Nc1ccccc1F)CC(=O)N2. The Labute approximate surface area is 152 Å². The molecule has 3 N–H and O–H groups in total. The topological polar surface area (TPSA) is 104 Å². The Balaban J connectivity index is 1.93. The van der Waals surface area contributed by atoms with Crippen LogP contribution in [0.15, 0.2) is 34.2 Å². The number of benzene rings is 1. The third-order valence-corrected chi connectivity index (χ3v) is 4.90. The van der Waals surface area contributed by atoms with E-state index in [0.29, 0.717) is 5.16 Å². The molecule has 1 aromatic carbocycles. The highest BCUT2D eigenvalue weighted by molar-refractivity contribution is 7.99. The fraction of sp³-hybridized carbons (Fsp3) is 0.294. The maximum absolute atomic E-state index is 13.8. The summed E-state index contributed by atoms with van der Waals surface area (Å²) in [7, 11) is 0. The van der Waals surface area contributed by atoms with E-state index in [1.165, 1.54) is 30.0 Å². The number of carbonyl (C=O) groups is 2. The molecule has 2 heterocycles. The van der Waals surface area contributed by atoms with Crippen molar-refractivity contribution in [3.8, 4) is 0 Å². The number of carbonyl (C=O) groups excluding carboxylic acids is 2. The number of nitrogens with zero attached hydrogens (tertiary/aromatic N) is 1. The second kappa shape index (κ2) is 7.69. The number of aromatic nitrogens is 2. The van der Waals surface area contributed by atoms with E-state index in [1.807, 2.05) is 6.92 Å². The van der Waals surface area contributed by atoms with Gasteiger partial charge in [-0.3, -0.25) is 14.4 Å². The van der Waals surface area contributed by atoms with Crippen molar-refractivity contribution >= 4 is 35.1 Å². The van der Waals surface area contributed by atoms with Gasteiger partial charge in [-0.1, -0.05) is 30.8 Å². The molecule has 0 bridgehead atoms. The van der Waals surface area contributed by atoms with Crippen LogP contribution in [0.3, 0.4) is 0 Å². The van der Waals surface area contributed by atoms with E-state index in [2.05, 4.69) is 20.6 Å². The van der Waals surface area contributed by atoms with Gasteiger partial charge in [-0.05, 0) is 18.6 Å². The average Bonchev–Trinajstić information content (AvgIpc) is 2.60. The summed E-state index contributed by atoms with van der Waals surface area (Å²) in [6, 6.07) is 5.69. The Morgan fingerprint density at radius 1 is 1.38 bits per heavy atom. The fourth-order valence-electron chi connectivity index (χ4n) is 2.62. The number of anilines is 2. The van der Waals surface area contributed by atoms with Gasteiger partial charge in [0.1, 0.15) is 11.6 Å². The number of para-hydroxylation sites is 1. The minimum Gasteiger partial charge on any atom is -0.323 e. The maximum Gasteiger partial charge on any atom is 0.257 e. The van der Waals surface area contributed by atoms with Gasteiger partial charge in [0.15, 0.2) is 5.16 Å². The molecule has 3 rings (SSSR count). The molecule has 1 atom stereocenters. The molecule has 1 aliphatic rings. The highest BCUT2D eigenvalue weighted by atomic mass is 32.2. The van der Waals surface area contributed by atoms with E-state index in [0.717, 1.165) is 12.2 Å². The molecule has 0 radical (unpaired) electrons. The number of nitrogens with one attached hydrogen (secondary N) is 3. The van der Waals surface area contributed by atoms with Crippen molar-refractivity contribution in [2.24, 2.45) is 0 Å². The van der Waals surface area contributed by atoms with Gasteiger partial charge in [0.25, 0.3) is 5.56 Å². The molecule has 1 aromatic heterocycles. The first-order valence-electron chi connectivity index (χ1n) is 8.11. The predicted molar refractivity (Wildman–Crippen MR) is 96.9 cm³/mol. The first-order chi connectivity index (χ1) is 12.5. The average molecular weight is 376 g/mol. The molecule has 0 saturated carbocycles. The lowest BCUT2D eigenvalue weighted by atomic mass is 9.92. The summed E-state index contributed by atoms with van der Waals surface area (Å²) in [4.78, 5) is 43.9. The molecule has 7 nitrogen and oxygen atoms in total. The number of hydrogen-bond donors (Lipinski definition) is 3. The Bertz CT molecular complexity index is 915. The zero-order valence-electron chi connectivity index (χ0n) is 14.0.